The number of anilines is 1. The number of hydrogen-bond donors (Lipinski definition) is 2. The molecule has 0 unspecified atom stereocenters. The summed E-state index contributed by atoms with van der Waals surface area (Å²) in [5.74, 6) is 0.602. The van der Waals surface area contributed by atoms with Gasteiger partial charge in [-0.05, 0) is 31.4 Å². The van der Waals surface area contributed by atoms with Gasteiger partial charge < -0.3 is 15.8 Å². The lowest BCUT2D eigenvalue weighted by Gasteiger charge is -2.20. The molecule has 1 heterocycles. The highest BCUT2D eigenvalue weighted by atomic mass is 16.5. The average Bonchev–Trinajstić information content (AvgIpc) is 2.29. The van der Waals surface area contributed by atoms with Gasteiger partial charge in [0, 0.05) is 0 Å². The molecule has 4 heteroatoms. The number of carbonyl (C=O) groups is 1. The van der Waals surface area contributed by atoms with Crippen molar-refractivity contribution in [3.05, 3.63) is 23.8 Å². The normalized spacial score (nSPS) is 15.9. The number of para-hydroxylation sites is 1. The molecule has 0 radical (unpaired) electrons. The van der Waals surface area contributed by atoms with Gasteiger partial charge in [-0.25, -0.2) is 0 Å². The first-order valence-corrected chi connectivity index (χ1v) is 5.49. The van der Waals surface area contributed by atoms with Crippen molar-refractivity contribution in [2.75, 3.05) is 11.9 Å². The maximum absolute atomic E-state index is 11.5. The fourth-order valence-electron chi connectivity index (χ4n) is 1.73. The highest BCUT2D eigenvalue weighted by Gasteiger charge is 2.16. The standard InChI is InChI=1S/C12H16N2O2/c1-8(13)12(15)14-10-6-2-4-9-5-3-7-16-11(9)10/h2,4,6,8H,3,5,7,13H2,1H3,(H,14,15)/t8-/m1/s1. The first kappa shape index (κ1) is 11.0. The van der Waals surface area contributed by atoms with E-state index >= 15 is 0 Å². The van der Waals surface area contributed by atoms with Gasteiger partial charge in [0.1, 0.15) is 5.75 Å². The van der Waals surface area contributed by atoms with Crippen molar-refractivity contribution in [3.63, 3.8) is 0 Å². The van der Waals surface area contributed by atoms with E-state index in [1.807, 2.05) is 18.2 Å². The van der Waals surface area contributed by atoms with Crippen LogP contribution in [0.5, 0.6) is 5.75 Å². The van der Waals surface area contributed by atoms with Crippen molar-refractivity contribution < 1.29 is 9.53 Å². The molecule has 4 nitrogen and oxygen atoms in total. The van der Waals surface area contributed by atoms with E-state index in [2.05, 4.69) is 5.32 Å². The summed E-state index contributed by atoms with van der Waals surface area (Å²) in [6, 6.07) is 5.27. The molecular weight excluding hydrogens is 204 g/mol. The second-order valence-electron chi connectivity index (χ2n) is 4.02. The maximum atomic E-state index is 11.5. The minimum Gasteiger partial charge on any atom is -0.491 e. The first-order chi connectivity index (χ1) is 7.68. The molecule has 0 aliphatic carbocycles. The third-order valence-corrected chi connectivity index (χ3v) is 2.60. The largest absolute Gasteiger partial charge is 0.491 e. The van der Waals surface area contributed by atoms with Crippen LogP contribution < -0.4 is 15.8 Å². The van der Waals surface area contributed by atoms with E-state index in [9.17, 15) is 4.79 Å². The van der Waals surface area contributed by atoms with Gasteiger partial charge >= 0.3 is 0 Å². The zero-order valence-electron chi connectivity index (χ0n) is 9.32. The summed E-state index contributed by atoms with van der Waals surface area (Å²) in [6.07, 6.45) is 2.02. The summed E-state index contributed by atoms with van der Waals surface area (Å²) in [7, 11) is 0. The molecule has 0 aromatic heterocycles. The van der Waals surface area contributed by atoms with E-state index in [-0.39, 0.29) is 5.91 Å². The number of aryl methyl sites for hydroxylation is 1. The van der Waals surface area contributed by atoms with E-state index in [1.165, 1.54) is 0 Å². The third kappa shape index (κ3) is 2.17. The fourth-order valence-corrected chi connectivity index (χ4v) is 1.73. The Labute approximate surface area is 94.8 Å². The molecule has 0 fully saturated rings. The van der Waals surface area contributed by atoms with Crippen molar-refractivity contribution in [1.29, 1.82) is 0 Å². The van der Waals surface area contributed by atoms with Gasteiger partial charge in [-0.1, -0.05) is 12.1 Å². The summed E-state index contributed by atoms with van der Waals surface area (Å²) in [5, 5.41) is 2.78. The minimum atomic E-state index is -0.514. The van der Waals surface area contributed by atoms with Crippen LogP contribution in [0.25, 0.3) is 0 Å². The second kappa shape index (κ2) is 4.53. The van der Waals surface area contributed by atoms with Crippen LogP contribution in [0.15, 0.2) is 18.2 Å². The molecule has 0 saturated heterocycles. The SMILES string of the molecule is C[C@@H](N)C(=O)Nc1cccc2c1OCCC2. The van der Waals surface area contributed by atoms with Gasteiger partial charge in [0.25, 0.3) is 0 Å². The number of amides is 1. The number of carbonyl (C=O) groups excluding carboxylic acids is 1. The second-order valence-corrected chi connectivity index (χ2v) is 4.02. The van der Waals surface area contributed by atoms with E-state index in [0.29, 0.717) is 6.61 Å². The molecule has 86 valence electrons. The lowest BCUT2D eigenvalue weighted by atomic mass is 10.1. The number of fused-ring (bicyclic) bond motifs is 1. The summed E-state index contributed by atoms with van der Waals surface area (Å²) in [6.45, 7) is 2.36. The zero-order valence-corrected chi connectivity index (χ0v) is 9.32. The minimum absolute atomic E-state index is 0.192. The monoisotopic (exact) mass is 220 g/mol. The topological polar surface area (TPSA) is 64.4 Å². The van der Waals surface area contributed by atoms with Crippen LogP contribution in [0.2, 0.25) is 0 Å². The van der Waals surface area contributed by atoms with Gasteiger partial charge in [-0.2, -0.15) is 0 Å². The predicted molar refractivity (Wildman–Crippen MR) is 62.5 cm³/mol. The van der Waals surface area contributed by atoms with Crippen molar-refractivity contribution in [3.8, 4) is 5.75 Å². The number of benzene rings is 1. The highest BCUT2D eigenvalue weighted by Crippen LogP contribution is 2.32. The molecule has 1 aromatic carbocycles. The quantitative estimate of drug-likeness (QED) is 0.789. The van der Waals surface area contributed by atoms with Gasteiger partial charge in [-0.3, -0.25) is 4.79 Å². The molecule has 16 heavy (non-hydrogen) atoms. The third-order valence-electron chi connectivity index (χ3n) is 2.60. The van der Waals surface area contributed by atoms with Crippen LogP contribution >= 0.6 is 0 Å². The van der Waals surface area contributed by atoms with Gasteiger partial charge in [0.2, 0.25) is 5.91 Å². The Morgan fingerprint density at radius 1 is 1.56 bits per heavy atom. The summed E-state index contributed by atoms with van der Waals surface area (Å²) >= 11 is 0. The number of ether oxygens (including phenoxy) is 1. The summed E-state index contributed by atoms with van der Waals surface area (Å²) in [4.78, 5) is 11.5. The molecule has 1 aromatic rings. The molecule has 1 amide bonds. The van der Waals surface area contributed by atoms with Crippen LogP contribution in [0.3, 0.4) is 0 Å². The Hall–Kier alpha value is -1.55. The molecular formula is C12H16N2O2. The molecule has 0 saturated carbocycles. The number of hydrogen-bond acceptors (Lipinski definition) is 3. The smallest absolute Gasteiger partial charge is 0.241 e. The average molecular weight is 220 g/mol. The fraction of sp³-hybridized carbons (Fsp3) is 0.417. The molecule has 2 rings (SSSR count). The Balaban J connectivity index is 2.24. The van der Waals surface area contributed by atoms with E-state index in [1.54, 1.807) is 6.92 Å². The first-order valence-electron chi connectivity index (χ1n) is 5.49. The van der Waals surface area contributed by atoms with Crippen LogP contribution in [0.1, 0.15) is 18.9 Å². The Morgan fingerprint density at radius 3 is 3.12 bits per heavy atom. The van der Waals surface area contributed by atoms with Crippen LogP contribution in [-0.2, 0) is 11.2 Å². The van der Waals surface area contributed by atoms with Crippen molar-refractivity contribution >= 4 is 11.6 Å². The number of rotatable bonds is 2. The molecule has 1 aliphatic rings. The maximum Gasteiger partial charge on any atom is 0.241 e. The number of nitrogens with one attached hydrogen (secondary N) is 1. The zero-order chi connectivity index (χ0) is 11.5. The molecule has 0 spiro atoms. The Bertz CT molecular complexity index is 402. The summed E-state index contributed by atoms with van der Waals surface area (Å²) < 4.78 is 5.58. The lowest BCUT2D eigenvalue weighted by molar-refractivity contribution is -0.117. The lowest BCUT2D eigenvalue weighted by Crippen LogP contribution is -2.32. The van der Waals surface area contributed by atoms with E-state index < -0.39 is 6.04 Å². The molecule has 3 N–H and O–H groups in total. The van der Waals surface area contributed by atoms with Crippen molar-refractivity contribution in [2.45, 2.75) is 25.8 Å². The van der Waals surface area contributed by atoms with E-state index in [0.717, 1.165) is 29.8 Å². The van der Waals surface area contributed by atoms with E-state index in [4.69, 9.17) is 10.5 Å². The van der Waals surface area contributed by atoms with Gasteiger partial charge in [0.15, 0.2) is 0 Å². The van der Waals surface area contributed by atoms with Crippen LogP contribution in [0, 0.1) is 0 Å². The summed E-state index contributed by atoms with van der Waals surface area (Å²) in [5.41, 5.74) is 7.38. The van der Waals surface area contributed by atoms with Crippen molar-refractivity contribution in [1.82, 2.24) is 0 Å². The molecule has 1 atom stereocenters. The van der Waals surface area contributed by atoms with Gasteiger partial charge in [-0.15, -0.1) is 0 Å². The van der Waals surface area contributed by atoms with Crippen LogP contribution in [-0.4, -0.2) is 18.6 Å². The molecule has 0 bridgehead atoms. The van der Waals surface area contributed by atoms with Gasteiger partial charge in [0.05, 0.1) is 18.3 Å². The number of nitrogens with two attached hydrogens (primary N) is 1. The Morgan fingerprint density at radius 2 is 2.38 bits per heavy atom. The predicted octanol–water partition coefficient (Wildman–Crippen LogP) is 1.30. The van der Waals surface area contributed by atoms with Crippen molar-refractivity contribution in [2.24, 2.45) is 5.73 Å². The Kier molecular flexibility index (Phi) is 3.10. The highest BCUT2D eigenvalue weighted by molar-refractivity contribution is 5.95. The van der Waals surface area contributed by atoms with Crippen LogP contribution in [0.4, 0.5) is 5.69 Å². The molecule has 1 aliphatic heterocycles.